The number of hydrogen-bond donors (Lipinski definition) is 1. The molecule has 2 aliphatic rings. The van der Waals surface area contributed by atoms with Crippen LogP contribution in [0.15, 0.2) is 30.3 Å². The number of carbonyl (C=O) groups is 2. The van der Waals surface area contributed by atoms with Crippen molar-refractivity contribution in [3.63, 3.8) is 0 Å². The molecule has 1 fully saturated rings. The Morgan fingerprint density at radius 1 is 1.00 bits per heavy atom. The number of carbonyl (C=O) groups excluding carboxylic acids is 2. The highest BCUT2D eigenvalue weighted by Crippen LogP contribution is 2.37. The molecule has 1 amide bonds. The Hall–Kier alpha value is -3.05. The summed E-state index contributed by atoms with van der Waals surface area (Å²) in [6.07, 6.45) is -0.487. The molecular formula is C34H49N5O4Si. The third-order valence-electron chi connectivity index (χ3n) is 9.13. The summed E-state index contributed by atoms with van der Waals surface area (Å²) in [7, 11) is -1.72. The number of hydrogen-bond acceptors (Lipinski definition) is 7. The highest BCUT2D eigenvalue weighted by Gasteiger charge is 2.37. The average molecular weight is 620 g/mol. The maximum absolute atomic E-state index is 13.6. The van der Waals surface area contributed by atoms with E-state index in [9.17, 15) is 9.59 Å². The molecule has 0 saturated carbocycles. The van der Waals surface area contributed by atoms with E-state index in [-0.39, 0.29) is 10.9 Å². The summed E-state index contributed by atoms with van der Waals surface area (Å²) in [6.45, 7) is 26.0. The van der Waals surface area contributed by atoms with Gasteiger partial charge in [-0.2, -0.15) is 0 Å². The Morgan fingerprint density at radius 2 is 1.68 bits per heavy atom. The monoisotopic (exact) mass is 619 g/mol. The summed E-state index contributed by atoms with van der Waals surface area (Å²) in [5, 5.41) is 4.05. The Morgan fingerprint density at radius 3 is 2.34 bits per heavy atom. The molecule has 4 heterocycles. The van der Waals surface area contributed by atoms with Crippen LogP contribution in [0.25, 0.3) is 22.3 Å². The fourth-order valence-corrected chi connectivity index (χ4v) is 6.73. The van der Waals surface area contributed by atoms with Gasteiger partial charge in [-0.1, -0.05) is 26.8 Å². The normalized spacial score (nSPS) is 16.8. The van der Waals surface area contributed by atoms with Gasteiger partial charge < -0.3 is 14.5 Å². The molecule has 1 aromatic carbocycles. The number of amides is 1. The minimum Gasteiger partial charge on any atom is -0.443 e. The zero-order valence-corrected chi connectivity index (χ0v) is 29.0. The van der Waals surface area contributed by atoms with Crippen LogP contribution in [0.3, 0.4) is 0 Å². The smallest absolute Gasteiger partial charge is 0.419 e. The number of aromatic nitrogens is 2. The second kappa shape index (κ2) is 12.0. The van der Waals surface area contributed by atoms with Crippen molar-refractivity contribution in [3.8, 4) is 11.4 Å². The number of nitrogens with one attached hydrogen (secondary N) is 1. The number of benzene rings is 1. The lowest BCUT2D eigenvalue weighted by Crippen LogP contribution is -2.48. The largest absolute Gasteiger partial charge is 0.443 e. The molecule has 0 radical (unpaired) electrons. The quantitative estimate of drug-likeness (QED) is 0.316. The Kier molecular flexibility index (Phi) is 8.85. The van der Waals surface area contributed by atoms with Crippen LogP contribution in [0.5, 0.6) is 0 Å². The molecular weight excluding hydrogens is 570 g/mol. The van der Waals surface area contributed by atoms with Crippen LogP contribution in [0, 0.1) is 6.92 Å². The van der Waals surface area contributed by atoms with Gasteiger partial charge in [0.2, 0.25) is 0 Å². The lowest BCUT2D eigenvalue weighted by Gasteiger charge is -2.38. The Labute approximate surface area is 263 Å². The van der Waals surface area contributed by atoms with Gasteiger partial charge in [0.05, 0.1) is 16.8 Å². The molecule has 44 heavy (non-hydrogen) atoms. The van der Waals surface area contributed by atoms with Crippen LogP contribution in [0.2, 0.25) is 18.1 Å². The van der Waals surface area contributed by atoms with Crippen molar-refractivity contribution < 1.29 is 18.8 Å². The molecule has 9 nitrogen and oxygen atoms in total. The number of ether oxygens (including phenoxy) is 1. The van der Waals surface area contributed by atoms with Crippen molar-refractivity contribution in [2.24, 2.45) is 0 Å². The number of fused-ring (bicyclic) bond motifs is 2. The van der Waals surface area contributed by atoms with E-state index in [1.54, 1.807) is 4.57 Å². The standard InChI is InChI=1S/C34H49N5O4Si/c1-23-18-26-21-35-31(40)29(26)30(36-23)28-20-25-19-24(10-11-27(25)39(28)32(41)43-33(2,3)4)22-38-14-12-37(13-15-38)16-17-42-44(8,9)34(5,6)7/h10-11,18-20H,12-17,21-22H2,1-9H3,(H,35,40). The van der Waals surface area contributed by atoms with E-state index in [4.69, 9.17) is 14.1 Å². The van der Waals surface area contributed by atoms with E-state index in [0.29, 0.717) is 23.5 Å². The van der Waals surface area contributed by atoms with Gasteiger partial charge in [-0.3, -0.25) is 19.6 Å². The van der Waals surface area contributed by atoms with Gasteiger partial charge in [0, 0.05) is 63.5 Å². The lowest BCUT2D eigenvalue weighted by molar-refractivity contribution is 0.0546. The van der Waals surface area contributed by atoms with Gasteiger partial charge in [0.15, 0.2) is 8.32 Å². The molecule has 0 atom stereocenters. The topological polar surface area (TPSA) is 88.9 Å². The summed E-state index contributed by atoms with van der Waals surface area (Å²) in [5.74, 6) is -0.171. The van der Waals surface area contributed by atoms with Crippen LogP contribution in [0.1, 0.15) is 68.7 Å². The zero-order valence-electron chi connectivity index (χ0n) is 28.0. The SMILES string of the molecule is Cc1cc2c(c(-c3cc4cc(CN5CCN(CCO[Si](C)(C)C(C)(C)C)CC5)ccc4n3C(=O)OC(C)(C)C)n1)C(=O)NC2. The van der Waals surface area contributed by atoms with E-state index in [0.717, 1.165) is 68.0 Å². The van der Waals surface area contributed by atoms with Crippen molar-refractivity contribution in [1.82, 2.24) is 24.7 Å². The number of nitrogens with zero attached hydrogens (tertiary/aromatic N) is 4. The second-order valence-corrected chi connectivity index (χ2v) is 19.6. The summed E-state index contributed by atoms with van der Waals surface area (Å²) < 4.78 is 13.8. The third-order valence-corrected chi connectivity index (χ3v) is 13.7. The first-order valence-corrected chi connectivity index (χ1v) is 18.7. The van der Waals surface area contributed by atoms with Crippen LogP contribution in [-0.2, 0) is 22.3 Å². The van der Waals surface area contributed by atoms with Gasteiger partial charge in [0.1, 0.15) is 11.3 Å². The van der Waals surface area contributed by atoms with Gasteiger partial charge >= 0.3 is 6.09 Å². The lowest BCUT2D eigenvalue weighted by atomic mass is 10.0. The highest BCUT2D eigenvalue weighted by molar-refractivity contribution is 6.74. The van der Waals surface area contributed by atoms with Crippen molar-refractivity contribution in [2.45, 2.75) is 85.3 Å². The van der Waals surface area contributed by atoms with E-state index >= 15 is 0 Å². The van der Waals surface area contributed by atoms with Gasteiger partial charge in [0.25, 0.3) is 5.91 Å². The number of piperazine rings is 1. The van der Waals surface area contributed by atoms with Crippen molar-refractivity contribution in [1.29, 1.82) is 0 Å². The Balaban J connectivity index is 1.35. The first-order valence-electron chi connectivity index (χ1n) is 15.8. The molecule has 3 aromatic rings. The van der Waals surface area contributed by atoms with Gasteiger partial charge in [-0.05, 0) is 81.2 Å². The average Bonchev–Trinajstić information content (AvgIpc) is 3.47. The van der Waals surface area contributed by atoms with Crippen LogP contribution in [-0.4, -0.2) is 84.6 Å². The van der Waals surface area contributed by atoms with E-state index in [1.807, 2.05) is 45.9 Å². The maximum atomic E-state index is 13.6. The fourth-order valence-electron chi connectivity index (χ4n) is 5.70. The van der Waals surface area contributed by atoms with Crippen LogP contribution >= 0.6 is 0 Å². The van der Waals surface area contributed by atoms with Crippen molar-refractivity contribution in [3.05, 3.63) is 52.7 Å². The fraction of sp³-hybridized carbons (Fsp3) is 0.559. The summed E-state index contributed by atoms with van der Waals surface area (Å²) in [5.41, 5.74) is 4.52. The number of rotatable bonds is 7. The molecule has 2 aliphatic heterocycles. The summed E-state index contributed by atoms with van der Waals surface area (Å²) >= 11 is 0. The summed E-state index contributed by atoms with van der Waals surface area (Å²) in [4.78, 5) is 36.2. The van der Waals surface area contributed by atoms with Crippen LogP contribution < -0.4 is 5.32 Å². The molecule has 0 aliphatic carbocycles. The first kappa shape index (κ1) is 32.3. The first-order chi connectivity index (χ1) is 20.5. The molecule has 10 heteroatoms. The predicted molar refractivity (Wildman–Crippen MR) is 178 cm³/mol. The van der Waals surface area contributed by atoms with E-state index < -0.39 is 20.0 Å². The molecule has 0 bridgehead atoms. The van der Waals surface area contributed by atoms with Gasteiger partial charge in [-0.15, -0.1) is 0 Å². The minimum atomic E-state index is -1.72. The molecule has 0 unspecified atom stereocenters. The van der Waals surface area contributed by atoms with Crippen LogP contribution in [0.4, 0.5) is 4.79 Å². The molecule has 2 aromatic heterocycles. The molecule has 238 valence electrons. The zero-order chi connectivity index (χ0) is 32.0. The van der Waals surface area contributed by atoms with Crippen molar-refractivity contribution >= 4 is 31.2 Å². The molecule has 1 saturated heterocycles. The highest BCUT2D eigenvalue weighted by atomic mass is 28.4. The summed E-state index contributed by atoms with van der Waals surface area (Å²) in [6, 6.07) is 10.1. The maximum Gasteiger partial charge on any atom is 0.419 e. The van der Waals surface area contributed by atoms with Crippen molar-refractivity contribution in [2.75, 3.05) is 39.3 Å². The number of aryl methyl sites for hydroxylation is 1. The molecule has 5 rings (SSSR count). The molecule has 1 N–H and O–H groups in total. The number of pyridine rings is 1. The molecule has 0 spiro atoms. The minimum absolute atomic E-state index is 0.171. The Bertz CT molecular complexity index is 1560. The van der Waals surface area contributed by atoms with E-state index in [2.05, 4.69) is 61.1 Å². The van der Waals surface area contributed by atoms with Gasteiger partial charge in [-0.25, -0.2) is 9.36 Å². The second-order valence-electron chi connectivity index (χ2n) is 14.8. The predicted octanol–water partition coefficient (Wildman–Crippen LogP) is 6.18. The van der Waals surface area contributed by atoms with E-state index in [1.165, 1.54) is 5.56 Å². The third kappa shape index (κ3) is 6.93.